The molecule has 8 heteroatoms. The fraction of sp³-hybridized carbons (Fsp3) is 0.174. The van der Waals surface area contributed by atoms with Crippen LogP contribution in [0.25, 0.3) is 20.7 Å². The van der Waals surface area contributed by atoms with Gasteiger partial charge in [0.1, 0.15) is 17.0 Å². The van der Waals surface area contributed by atoms with Crippen molar-refractivity contribution in [1.29, 1.82) is 0 Å². The van der Waals surface area contributed by atoms with Crippen LogP contribution in [0.1, 0.15) is 18.5 Å². The van der Waals surface area contributed by atoms with E-state index in [0.29, 0.717) is 15.2 Å². The second-order valence-electron chi connectivity index (χ2n) is 7.07. The van der Waals surface area contributed by atoms with E-state index in [2.05, 4.69) is 10.3 Å². The second-order valence-corrected chi connectivity index (χ2v) is 8.56. The molecule has 0 fully saturated rings. The molecule has 0 aliphatic heterocycles. The third-order valence-electron chi connectivity index (χ3n) is 4.94. The molecule has 2 aromatic heterocycles. The van der Waals surface area contributed by atoms with E-state index in [1.807, 2.05) is 49.4 Å². The van der Waals surface area contributed by atoms with Crippen LogP contribution in [0.15, 0.2) is 65.7 Å². The lowest BCUT2D eigenvalue weighted by Crippen LogP contribution is -2.33. The van der Waals surface area contributed by atoms with Crippen LogP contribution in [0.2, 0.25) is 5.02 Å². The minimum Gasteiger partial charge on any atom is -0.497 e. The molecule has 0 saturated carbocycles. The predicted molar refractivity (Wildman–Crippen MR) is 124 cm³/mol. The average molecular weight is 454 g/mol. The average Bonchev–Trinajstić information content (AvgIpc) is 3.21. The summed E-state index contributed by atoms with van der Waals surface area (Å²) in [7, 11) is 1.62. The number of hydrogen-bond acceptors (Lipinski definition) is 5. The number of amides is 1. The van der Waals surface area contributed by atoms with Gasteiger partial charge < -0.3 is 10.1 Å². The molecule has 2 aromatic carbocycles. The molecule has 1 N–H and O–H groups in total. The Labute approximate surface area is 188 Å². The number of nitrogens with one attached hydrogen (secondary N) is 1. The first-order chi connectivity index (χ1) is 14.9. The number of rotatable bonds is 6. The summed E-state index contributed by atoms with van der Waals surface area (Å²) in [6.07, 6.45) is 1.42. The highest BCUT2D eigenvalue weighted by Crippen LogP contribution is 2.31. The standard InChI is InChI=1S/C23H20ClN3O3S/c1-14(15-3-7-17(24)8-4-15)26-21(28)12-27-13-25-19-11-20(31-22(19)23(27)29)16-5-9-18(30-2)10-6-16/h3-11,13-14H,12H2,1-2H3,(H,26,28). The number of aromatic nitrogens is 2. The molecule has 31 heavy (non-hydrogen) atoms. The molecule has 158 valence electrons. The van der Waals surface area contributed by atoms with Gasteiger partial charge in [-0.15, -0.1) is 11.3 Å². The molecular formula is C23H20ClN3O3S. The number of fused-ring (bicyclic) bond motifs is 1. The van der Waals surface area contributed by atoms with Crippen molar-refractivity contribution in [3.8, 4) is 16.2 Å². The van der Waals surface area contributed by atoms with Gasteiger partial charge in [0, 0.05) is 9.90 Å². The molecule has 0 aliphatic rings. The summed E-state index contributed by atoms with van der Waals surface area (Å²) < 4.78 is 7.04. The summed E-state index contributed by atoms with van der Waals surface area (Å²) in [5.41, 5.74) is 2.29. The van der Waals surface area contributed by atoms with Crippen LogP contribution in [0.5, 0.6) is 5.75 Å². The number of ether oxygens (including phenoxy) is 1. The largest absolute Gasteiger partial charge is 0.497 e. The fourth-order valence-electron chi connectivity index (χ4n) is 3.23. The number of carbonyl (C=O) groups is 1. The van der Waals surface area contributed by atoms with Gasteiger partial charge in [0.15, 0.2) is 0 Å². The number of halogens is 1. The van der Waals surface area contributed by atoms with Crippen LogP contribution in [0.4, 0.5) is 0 Å². The van der Waals surface area contributed by atoms with Crippen molar-refractivity contribution in [2.75, 3.05) is 7.11 Å². The Morgan fingerprint density at radius 2 is 1.90 bits per heavy atom. The molecule has 0 spiro atoms. The maximum Gasteiger partial charge on any atom is 0.271 e. The minimum absolute atomic E-state index is 0.102. The second kappa shape index (κ2) is 8.91. The van der Waals surface area contributed by atoms with Crippen molar-refractivity contribution in [2.24, 2.45) is 0 Å². The van der Waals surface area contributed by atoms with E-state index in [1.165, 1.54) is 22.2 Å². The van der Waals surface area contributed by atoms with Crippen molar-refractivity contribution < 1.29 is 9.53 Å². The number of thiophene rings is 1. The van der Waals surface area contributed by atoms with Gasteiger partial charge in [-0.2, -0.15) is 0 Å². The van der Waals surface area contributed by atoms with E-state index in [1.54, 1.807) is 19.2 Å². The molecule has 6 nitrogen and oxygen atoms in total. The van der Waals surface area contributed by atoms with Crippen molar-refractivity contribution in [3.05, 3.63) is 81.9 Å². The van der Waals surface area contributed by atoms with Crippen LogP contribution in [0, 0.1) is 0 Å². The predicted octanol–water partition coefficient (Wildman–Crippen LogP) is 4.66. The van der Waals surface area contributed by atoms with E-state index in [0.717, 1.165) is 21.8 Å². The van der Waals surface area contributed by atoms with Crippen molar-refractivity contribution in [1.82, 2.24) is 14.9 Å². The minimum atomic E-state index is -0.266. The van der Waals surface area contributed by atoms with Gasteiger partial charge in [-0.05, 0) is 60.5 Å². The Hall–Kier alpha value is -3.16. The smallest absolute Gasteiger partial charge is 0.271 e. The Morgan fingerprint density at radius 1 is 1.19 bits per heavy atom. The SMILES string of the molecule is COc1ccc(-c2cc3ncn(CC(=O)NC(C)c4ccc(Cl)cc4)c(=O)c3s2)cc1. The highest BCUT2D eigenvalue weighted by Gasteiger charge is 2.14. The molecular weight excluding hydrogens is 434 g/mol. The monoisotopic (exact) mass is 453 g/mol. The zero-order valence-electron chi connectivity index (χ0n) is 17.0. The van der Waals surface area contributed by atoms with Gasteiger partial charge in [-0.3, -0.25) is 14.2 Å². The highest BCUT2D eigenvalue weighted by atomic mass is 35.5. The maximum absolute atomic E-state index is 12.9. The summed E-state index contributed by atoms with van der Waals surface area (Å²) in [6, 6.07) is 16.6. The quantitative estimate of drug-likeness (QED) is 0.460. The lowest BCUT2D eigenvalue weighted by molar-refractivity contribution is -0.122. The van der Waals surface area contributed by atoms with Gasteiger partial charge in [0.25, 0.3) is 5.56 Å². The number of methoxy groups -OCH3 is 1. The highest BCUT2D eigenvalue weighted by molar-refractivity contribution is 7.22. The third kappa shape index (κ3) is 4.62. The molecule has 1 unspecified atom stereocenters. The van der Waals surface area contributed by atoms with Crippen molar-refractivity contribution >= 4 is 39.1 Å². The summed E-state index contributed by atoms with van der Waals surface area (Å²) in [5, 5.41) is 3.54. The van der Waals surface area contributed by atoms with Gasteiger partial charge in [0.2, 0.25) is 5.91 Å². The van der Waals surface area contributed by atoms with E-state index < -0.39 is 0 Å². The van der Waals surface area contributed by atoms with Gasteiger partial charge in [-0.1, -0.05) is 23.7 Å². The van der Waals surface area contributed by atoms with Crippen LogP contribution in [0.3, 0.4) is 0 Å². The molecule has 0 saturated heterocycles. The van der Waals surface area contributed by atoms with Crippen molar-refractivity contribution in [2.45, 2.75) is 19.5 Å². The molecule has 1 atom stereocenters. The number of hydrogen-bond donors (Lipinski definition) is 1. The van der Waals surface area contributed by atoms with Gasteiger partial charge >= 0.3 is 0 Å². The summed E-state index contributed by atoms with van der Waals surface area (Å²) in [6.45, 7) is 1.78. The van der Waals surface area contributed by atoms with Gasteiger partial charge in [-0.25, -0.2) is 4.98 Å². The first kappa shape index (κ1) is 21.1. The fourth-order valence-corrected chi connectivity index (χ4v) is 4.42. The lowest BCUT2D eigenvalue weighted by atomic mass is 10.1. The normalized spacial score (nSPS) is 12.0. The molecule has 2 heterocycles. The van der Waals surface area contributed by atoms with Crippen LogP contribution in [-0.2, 0) is 11.3 Å². The number of benzene rings is 2. The van der Waals surface area contributed by atoms with Crippen LogP contribution < -0.4 is 15.6 Å². The molecule has 0 radical (unpaired) electrons. The van der Waals surface area contributed by atoms with Crippen LogP contribution in [-0.4, -0.2) is 22.6 Å². The van der Waals surface area contributed by atoms with E-state index in [4.69, 9.17) is 16.3 Å². The number of nitrogens with zero attached hydrogens (tertiary/aromatic N) is 2. The van der Waals surface area contributed by atoms with E-state index >= 15 is 0 Å². The Balaban J connectivity index is 1.52. The molecule has 1 amide bonds. The summed E-state index contributed by atoms with van der Waals surface area (Å²) >= 11 is 7.27. The Morgan fingerprint density at radius 3 is 2.58 bits per heavy atom. The molecule has 0 bridgehead atoms. The Kier molecular flexibility index (Phi) is 6.06. The third-order valence-corrected chi connectivity index (χ3v) is 6.35. The van der Waals surface area contributed by atoms with Crippen molar-refractivity contribution in [3.63, 3.8) is 0 Å². The zero-order chi connectivity index (χ0) is 22.0. The van der Waals surface area contributed by atoms with E-state index in [-0.39, 0.29) is 24.1 Å². The lowest BCUT2D eigenvalue weighted by Gasteiger charge is -2.15. The van der Waals surface area contributed by atoms with Crippen LogP contribution >= 0.6 is 22.9 Å². The molecule has 4 aromatic rings. The topological polar surface area (TPSA) is 73.2 Å². The zero-order valence-corrected chi connectivity index (χ0v) is 18.5. The first-order valence-corrected chi connectivity index (χ1v) is 10.8. The number of carbonyl (C=O) groups excluding carboxylic acids is 1. The van der Waals surface area contributed by atoms with E-state index in [9.17, 15) is 9.59 Å². The Bertz CT molecular complexity index is 1280. The molecule has 4 rings (SSSR count). The summed E-state index contributed by atoms with van der Waals surface area (Å²) in [4.78, 5) is 30.7. The first-order valence-electron chi connectivity index (χ1n) is 9.63. The maximum atomic E-state index is 12.9. The summed E-state index contributed by atoms with van der Waals surface area (Å²) in [5.74, 6) is 0.502. The molecule has 0 aliphatic carbocycles. The van der Waals surface area contributed by atoms with Gasteiger partial charge in [0.05, 0.1) is 25.0 Å².